The molecular weight excluding hydrogens is 743 g/mol. The van der Waals surface area contributed by atoms with Gasteiger partial charge in [-0.2, -0.15) is 0 Å². The molecule has 0 radical (unpaired) electrons. The van der Waals surface area contributed by atoms with Crippen molar-refractivity contribution in [2.45, 2.75) is 95.8 Å². The molecule has 0 amide bonds. The van der Waals surface area contributed by atoms with Gasteiger partial charge < -0.3 is 5.73 Å². The predicted octanol–water partition coefficient (Wildman–Crippen LogP) is 15.5. The lowest BCUT2D eigenvalue weighted by molar-refractivity contribution is 0.353. The molecule has 0 aliphatic heterocycles. The maximum Gasteiger partial charge on any atom is 0.0426 e. The highest BCUT2D eigenvalue weighted by atomic mass is 32.1. The first kappa shape index (κ1) is 37.6. The van der Waals surface area contributed by atoms with E-state index in [2.05, 4.69) is 160 Å². The summed E-state index contributed by atoms with van der Waals surface area (Å²) in [5.74, 6) is 0.416. The van der Waals surface area contributed by atoms with Gasteiger partial charge in [-0.15, -0.1) is 11.3 Å². The molecule has 0 bridgehead atoms. The first-order valence-electron chi connectivity index (χ1n) is 22.6. The van der Waals surface area contributed by atoms with E-state index in [1.54, 1.807) is 11.1 Å². The summed E-state index contributed by atoms with van der Waals surface area (Å²) in [6, 6.07) is 41.3. The van der Waals surface area contributed by atoms with Crippen molar-refractivity contribution >= 4 is 38.3 Å². The largest absolute Gasteiger partial charge is 0.398 e. The maximum absolute atomic E-state index is 7.01. The van der Waals surface area contributed by atoms with E-state index in [4.69, 9.17) is 5.73 Å². The van der Waals surface area contributed by atoms with E-state index in [-0.39, 0.29) is 10.8 Å². The zero-order valence-electron chi connectivity index (χ0n) is 35.4. The summed E-state index contributed by atoms with van der Waals surface area (Å²) in [7, 11) is 0. The Kier molecular flexibility index (Phi) is 9.16. The predicted molar refractivity (Wildman–Crippen MR) is 257 cm³/mol. The second-order valence-corrected chi connectivity index (χ2v) is 19.7. The van der Waals surface area contributed by atoms with Crippen molar-refractivity contribution in [1.29, 1.82) is 0 Å². The van der Waals surface area contributed by atoms with Crippen molar-refractivity contribution in [1.82, 2.24) is 0 Å². The topological polar surface area (TPSA) is 26.0 Å². The van der Waals surface area contributed by atoms with E-state index in [1.807, 2.05) is 11.3 Å². The quantitative estimate of drug-likeness (QED) is 0.171. The van der Waals surface area contributed by atoms with Crippen LogP contribution in [0.5, 0.6) is 0 Å². The summed E-state index contributed by atoms with van der Waals surface area (Å²) in [5.41, 5.74) is 29.4. The summed E-state index contributed by atoms with van der Waals surface area (Å²) >= 11 is 1.96. The van der Waals surface area contributed by atoms with Gasteiger partial charge in [-0.25, -0.2) is 0 Å². The monoisotopic (exact) mass is 797 g/mol. The lowest BCUT2D eigenvalue weighted by atomic mass is 9.67. The van der Waals surface area contributed by atoms with Gasteiger partial charge in [-0.1, -0.05) is 161 Å². The second-order valence-electron chi connectivity index (χ2n) is 18.6. The number of hydrogen-bond donors (Lipinski definition) is 1. The van der Waals surface area contributed by atoms with Gasteiger partial charge in [0.1, 0.15) is 0 Å². The Hall–Kier alpha value is -5.44. The Labute approximate surface area is 360 Å². The van der Waals surface area contributed by atoms with Crippen molar-refractivity contribution in [3.05, 3.63) is 195 Å². The molecule has 1 atom stereocenters. The van der Waals surface area contributed by atoms with Crippen molar-refractivity contribution in [2.24, 2.45) is 11.7 Å². The molecule has 1 fully saturated rings. The molecule has 1 aromatic heterocycles. The highest BCUT2D eigenvalue weighted by molar-refractivity contribution is 7.19. The molecule has 11 rings (SSSR count). The van der Waals surface area contributed by atoms with E-state index in [9.17, 15) is 0 Å². The number of rotatable bonds is 7. The number of thiophene rings is 1. The van der Waals surface area contributed by atoms with Crippen LogP contribution < -0.4 is 5.73 Å². The van der Waals surface area contributed by atoms with Crippen LogP contribution in [0.25, 0.3) is 49.2 Å². The lowest BCUT2D eigenvalue weighted by Crippen LogP contribution is -2.28. The minimum absolute atomic E-state index is 0.0627. The van der Waals surface area contributed by atoms with Crippen LogP contribution in [0.3, 0.4) is 0 Å². The average molecular weight is 798 g/mol. The average Bonchev–Trinajstić information content (AvgIpc) is 3.86. The van der Waals surface area contributed by atoms with Gasteiger partial charge in [-0.05, 0) is 147 Å². The number of nitrogens with two attached hydrogens (primary N) is 1. The molecule has 298 valence electrons. The third-order valence-corrected chi connectivity index (χ3v) is 16.1. The fraction of sp³-hybridized carbons (Fsp3) is 0.276. The zero-order chi connectivity index (χ0) is 40.6. The summed E-state index contributed by atoms with van der Waals surface area (Å²) in [5, 5.41) is 1.33. The van der Waals surface area contributed by atoms with Crippen LogP contribution >= 0.6 is 11.3 Å². The molecule has 1 unspecified atom stereocenters. The number of benzene rings is 5. The van der Waals surface area contributed by atoms with E-state index >= 15 is 0 Å². The van der Waals surface area contributed by atoms with Crippen LogP contribution in [-0.4, -0.2) is 0 Å². The molecule has 1 nitrogen and oxygen atoms in total. The van der Waals surface area contributed by atoms with Gasteiger partial charge in [0.2, 0.25) is 0 Å². The van der Waals surface area contributed by atoms with Gasteiger partial charge in [-0.3, -0.25) is 0 Å². The molecule has 2 N–H and O–H groups in total. The minimum Gasteiger partial charge on any atom is -0.398 e. The summed E-state index contributed by atoms with van der Waals surface area (Å²) < 4.78 is 1.34. The van der Waals surface area contributed by atoms with Crippen LogP contribution in [0.2, 0.25) is 0 Å². The van der Waals surface area contributed by atoms with E-state index in [1.165, 1.54) is 114 Å². The number of allylic oxidation sites excluding steroid dienone is 9. The van der Waals surface area contributed by atoms with E-state index in [0.717, 1.165) is 43.4 Å². The normalized spacial score (nSPS) is 19.9. The van der Waals surface area contributed by atoms with Gasteiger partial charge >= 0.3 is 0 Å². The van der Waals surface area contributed by atoms with Crippen molar-refractivity contribution in [3.63, 3.8) is 0 Å². The molecule has 5 aliphatic carbocycles. The third kappa shape index (κ3) is 5.85. The molecule has 6 aromatic rings. The molecule has 60 heavy (non-hydrogen) atoms. The fourth-order valence-electron chi connectivity index (χ4n) is 12.0. The molecule has 1 saturated carbocycles. The van der Waals surface area contributed by atoms with Crippen LogP contribution in [0.4, 0.5) is 0 Å². The lowest BCUT2D eigenvalue weighted by Gasteiger charge is -2.36. The number of hydrogen-bond acceptors (Lipinski definition) is 2. The smallest absolute Gasteiger partial charge is 0.0426 e. The Morgan fingerprint density at radius 3 is 2.33 bits per heavy atom. The molecule has 1 heterocycles. The van der Waals surface area contributed by atoms with Crippen molar-refractivity contribution < 1.29 is 0 Å². The standard InChI is InChI=1S/C58H55NS/c1-4-42(56(59)38-19-7-5-8-20-38)55-45-25-10-12-29-52(45)60-53(55)33-37-18-15-21-39(32-37)40-22-16-23-41(34-40)43-26-17-28-49-54(43)47-36-51-46(35-50(47)57(49,2)3)44-24-9-11-27-48(44)58(51)30-13-6-14-31-58/h5,7-12,15,17,19-22,24-29,32,34-37H,4,6,13-14,16,18,23,30-31,33,59H2,1-3H3/b56-42-. The summed E-state index contributed by atoms with van der Waals surface area (Å²) in [6.45, 7) is 7.17. The first-order valence-corrected chi connectivity index (χ1v) is 23.4. The Bertz CT molecular complexity index is 2860. The molecular formula is C58H55NS. The highest BCUT2D eigenvalue weighted by Gasteiger charge is 2.46. The number of fused-ring (bicyclic) bond motifs is 9. The van der Waals surface area contributed by atoms with Crippen LogP contribution in [0, 0.1) is 5.92 Å². The molecule has 5 aliphatic rings. The second kappa shape index (κ2) is 14.6. The van der Waals surface area contributed by atoms with Crippen LogP contribution in [-0.2, 0) is 17.3 Å². The Balaban J connectivity index is 0.955. The Morgan fingerprint density at radius 2 is 1.48 bits per heavy atom. The zero-order valence-corrected chi connectivity index (χ0v) is 36.2. The first-order chi connectivity index (χ1) is 29.4. The van der Waals surface area contributed by atoms with Gasteiger partial charge in [0.05, 0.1) is 0 Å². The highest BCUT2D eigenvalue weighted by Crippen LogP contribution is 2.60. The summed E-state index contributed by atoms with van der Waals surface area (Å²) in [4.78, 5) is 1.45. The van der Waals surface area contributed by atoms with Gasteiger partial charge in [0.15, 0.2) is 0 Å². The van der Waals surface area contributed by atoms with E-state index in [0.29, 0.717) is 5.92 Å². The van der Waals surface area contributed by atoms with Crippen LogP contribution in [0.1, 0.15) is 122 Å². The van der Waals surface area contributed by atoms with Crippen LogP contribution in [0.15, 0.2) is 151 Å². The SMILES string of the molecule is CC/C(=C(/N)c1ccccc1)c1c(CC2C=C(C3=CCCC(c4cccc5c4-c4cc6c(cc4C5(C)C)-c4ccccc4C64CCCCC4)=C3)C=CC2)sc2ccccc12. The molecule has 1 spiro atoms. The Morgan fingerprint density at radius 1 is 0.733 bits per heavy atom. The van der Waals surface area contributed by atoms with Crippen molar-refractivity contribution in [2.75, 3.05) is 0 Å². The third-order valence-electron chi connectivity index (χ3n) is 14.9. The summed E-state index contributed by atoms with van der Waals surface area (Å²) in [6.07, 6.45) is 24.0. The fourth-order valence-corrected chi connectivity index (χ4v) is 13.3. The molecule has 0 saturated heterocycles. The maximum atomic E-state index is 7.01. The van der Waals surface area contributed by atoms with Gasteiger partial charge in [0.25, 0.3) is 0 Å². The van der Waals surface area contributed by atoms with E-state index < -0.39 is 0 Å². The van der Waals surface area contributed by atoms with Crippen molar-refractivity contribution in [3.8, 4) is 22.3 Å². The molecule has 2 heteroatoms. The van der Waals surface area contributed by atoms with Gasteiger partial charge in [0, 0.05) is 37.1 Å². The molecule has 5 aromatic carbocycles. The minimum atomic E-state index is -0.0627.